The molecule has 0 amide bonds. The number of Topliss-reactive ketones (excluding diaryl/α,β-unsaturated/α-hetero) is 1. The molecule has 8 heteroatoms. The van der Waals surface area contributed by atoms with Crippen LogP contribution in [0.1, 0.15) is 50.2 Å². The van der Waals surface area contributed by atoms with Gasteiger partial charge in [0.1, 0.15) is 17.4 Å². The van der Waals surface area contributed by atoms with Crippen LogP contribution < -0.4 is 14.8 Å². The highest BCUT2D eigenvalue weighted by Gasteiger charge is 2.49. The number of dihydropyridines is 1. The quantitative estimate of drug-likeness (QED) is 0.404. The third-order valence-corrected chi connectivity index (χ3v) is 7.03. The number of ketones is 1. The lowest BCUT2D eigenvalue weighted by molar-refractivity contribution is -0.152. The van der Waals surface area contributed by atoms with Crippen molar-refractivity contribution in [1.29, 1.82) is 0 Å². The van der Waals surface area contributed by atoms with Gasteiger partial charge >= 0.3 is 11.9 Å². The standard InChI is InChI=1S/C30H33NO7/c1-6-37-29(33)24-17(3)31-23-16-22(19-9-8-10-21(15-19)36-5)26(30(34)38-7-2)28(32)27(23)25(24)18-11-13-20(35-4)14-12-18/h8-15,22,25-26,31H,6-7,16H2,1-5H3. The molecule has 1 N–H and O–H groups in total. The van der Waals surface area contributed by atoms with E-state index >= 15 is 0 Å². The summed E-state index contributed by atoms with van der Waals surface area (Å²) in [6, 6.07) is 14.6. The van der Waals surface area contributed by atoms with E-state index in [1.165, 1.54) is 0 Å². The molecule has 4 rings (SSSR count). The minimum Gasteiger partial charge on any atom is -0.497 e. The monoisotopic (exact) mass is 519 g/mol. The van der Waals surface area contributed by atoms with Crippen LogP contribution in [-0.2, 0) is 23.9 Å². The zero-order valence-electron chi connectivity index (χ0n) is 22.3. The first-order valence-electron chi connectivity index (χ1n) is 12.7. The van der Waals surface area contributed by atoms with Crippen LogP contribution in [0.5, 0.6) is 11.5 Å². The van der Waals surface area contributed by atoms with Crippen molar-refractivity contribution in [1.82, 2.24) is 5.32 Å². The largest absolute Gasteiger partial charge is 0.497 e. The molecule has 0 aromatic heterocycles. The van der Waals surface area contributed by atoms with Crippen LogP contribution in [0.25, 0.3) is 0 Å². The molecule has 0 radical (unpaired) electrons. The van der Waals surface area contributed by atoms with Gasteiger partial charge in [0.05, 0.1) is 33.0 Å². The summed E-state index contributed by atoms with van der Waals surface area (Å²) in [7, 11) is 3.14. The molecular weight excluding hydrogens is 486 g/mol. The third-order valence-electron chi connectivity index (χ3n) is 7.03. The smallest absolute Gasteiger partial charge is 0.336 e. The number of allylic oxidation sites excluding steroid dienone is 3. The van der Waals surface area contributed by atoms with Gasteiger partial charge < -0.3 is 24.3 Å². The fourth-order valence-corrected chi connectivity index (χ4v) is 5.33. The van der Waals surface area contributed by atoms with Gasteiger partial charge in [-0.05, 0) is 62.6 Å². The molecule has 1 aliphatic carbocycles. The van der Waals surface area contributed by atoms with Gasteiger partial charge in [-0.1, -0.05) is 24.3 Å². The Labute approximate surface area is 222 Å². The predicted molar refractivity (Wildman–Crippen MR) is 141 cm³/mol. The van der Waals surface area contributed by atoms with Crippen molar-refractivity contribution in [3.05, 3.63) is 82.2 Å². The van der Waals surface area contributed by atoms with Gasteiger partial charge in [0, 0.05) is 28.8 Å². The highest BCUT2D eigenvalue weighted by Crippen LogP contribution is 2.48. The molecule has 2 aromatic carbocycles. The van der Waals surface area contributed by atoms with Crippen molar-refractivity contribution < 1.29 is 33.3 Å². The number of methoxy groups -OCH3 is 2. The highest BCUT2D eigenvalue weighted by molar-refractivity contribution is 6.13. The second-order valence-corrected chi connectivity index (χ2v) is 9.16. The van der Waals surface area contributed by atoms with Crippen molar-refractivity contribution in [2.45, 2.75) is 39.0 Å². The summed E-state index contributed by atoms with van der Waals surface area (Å²) in [6.07, 6.45) is 0.373. The number of nitrogens with one attached hydrogen (secondary N) is 1. The topological polar surface area (TPSA) is 100 Å². The third kappa shape index (κ3) is 5.03. The molecule has 1 heterocycles. The van der Waals surface area contributed by atoms with Crippen molar-refractivity contribution in [2.75, 3.05) is 27.4 Å². The number of carbonyl (C=O) groups excluding carboxylic acids is 3. The molecule has 0 saturated carbocycles. The van der Waals surface area contributed by atoms with Gasteiger partial charge in [0.15, 0.2) is 5.78 Å². The summed E-state index contributed by atoms with van der Waals surface area (Å²) in [4.78, 5) is 40.8. The van der Waals surface area contributed by atoms with E-state index in [-0.39, 0.29) is 19.0 Å². The van der Waals surface area contributed by atoms with E-state index in [4.69, 9.17) is 18.9 Å². The van der Waals surface area contributed by atoms with Crippen molar-refractivity contribution in [2.24, 2.45) is 5.92 Å². The van der Waals surface area contributed by atoms with Crippen LogP contribution in [-0.4, -0.2) is 45.2 Å². The molecule has 200 valence electrons. The molecule has 38 heavy (non-hydrogen) atoms. The lowest BCUT2D eigenvalue weighted by atomic mass is 9.67. The maximum atomic E-state index is 14.3. The van der Waals surface area contributed by atoms with Crippen molar-refractivity contribution >= 4 is 17.7 Å². The molecule has 3 unspecified atom stereocenters. The fraction of sp³-hybridized carbons (Fsp3) is 0.367. The first kappa shape index (κ1) is 27.0. The molecular formula is C30H33NO7. The van der Waals surface area contributed by atoms with Gasteiger partial charge in [-0.2, -0.15) is 0 Å². The van der Waals surface area contributed by atoms with Crippen molar-refractivity contribution in [3.63, 3.8) is 0 Å². The number of ether oxygens (including phenoxy) is 4. The predicted octanol–water partition coefficient (Wildman–Crippen LogP) is 4.42. The highest BCUT2D eigenvalue weighted by atomic mass is 16.5. The lowest BCUT2D eigenvalue weighted by Gasteiger charge is -2.39. The number of benzene rings is 2. The van der Waals surface area contributed by atoms with Gasteiger partial charge in [-0.25, -0.2) is 4.79 Å². The van der Waals surface area contributed by atoms with Gasteiger partial charge in [-0.3, -0.25) is 9.59 Å². The summed E-state index contributed by atoms with van der Waals surface area (Å²) in [5.74, 6) is -2.47. The van der Waals surface area contributed by atoms with Crippen molar-refractivity contribution in [3.8, 4) is 11.5 Å². The summed E-state index contributed by atoms with van der Waals surface area (Å²) < 4.78 is 21.5. The van der Waals surface area contributed by atoms with Gasteiger partial charge in [-0.15, -0.1) is 0 Å². The molecule has 0 saturated heterocycles. The Morgan fingerprint density at radius 3 is 2.24 bits per heavy atom. The molecule has 2 aliphatic rings. The first-order valence-corrected chi connectivity index (χ1v) is 12.7. The number of hydrogen-bond acceptors (Lipinski definition) is 8. The normalized spacial score (nSPS) is 20.9. The maximum Gasteiger partial charge on any atom is 0.336 e. The molecule has 3 atom stereocenters. The molecule has 0 spiro atoms. The Kier molecular flexibility index (Phi) is 8.20. The van der Waals surface area contributed by atoms with E-state index in [2.05, 4.69) is 5.32 Å². The maximum absolute atomic E-state index is 14.3. The van der Waals surface area contributed by atoms with Crippen LogP contribution >= 0.6 is 0 Å². The Morgan fingerprint density at radius 1 is 0.921 bits per heavy atom. The number of esters is 2. The molecule has 1 aliphatic heterocycles. The lowest BCUT2D eigenvalue weighted by Crippen LogP contribution is -2.43. The minimum absolute atomic E-state index is 0.145. The van der Waals surface area contributed by atoms with E-state index in [1.807, 2.05) is 36.4 Å². The first-order chi connectivity index (χ1) is 18.3. The van der Waals surface area contributed by atoms with E-state index in [0.717, 1.165) is 11.1 Å². The summed E-state index contributed by atoms with van der Waals surface area (Å²) in [5, 5.41) is 3.31. The second-order valence-electron chi connectivity index (χ2n) is 9.16. The number of hydrogen-bond donors (Lipinski definition) is 1. The Bertz CT molecular complexity index is 1290. The zero-order valence-corrected chi connectivity index (χ0v) is 22.3. The molecule has 2 aromatic rings. The van der Waals surface area contributed by atoms with E-state index in [0.29, 0.717) is 40.5 Å². The van der Waals surface area contributed by atoms with Crippen LogP contribution in [0.15, 0.2) is 71.1 Å². The average molecular weight is 520 g/mol. The number of rotatable bonds is 8. The van der Waals surface area contributed by atoms with E-state index in [1.54, 1.807) is 47.1 Å². The summed E-state index contributed by atoms with van der Waals surface area (Å²) in [6.45, 7) is 5.58. The van der Waals surface area contributed by atoms with E-state index < -0.39 is 29.7 Å². The van der Waals surface area contributed by atoms with Crippen LogP contribution in [0, 0.1) is 5.92 Å². The van der Waals surface area contributed by atoms with Crippen LogP contribution in [0.2, 0.25) is 0 Å². The second kappa shape index (κ2) is 11.5. The molecule has 0 fully saturated rings. The number of carbonyl (C=O) groups is 3. The van der Waals surface area contributed by atoms with E-state index in [9.17, 15) is 14.4 Å². The van der Waals surface area contributed by atoms with Gasteiger partial charge in [0.2, 0.25) is 0 Å². The SMILES string of the molecule is CCOC(=O)C1=C(C)NC2=C(C(=O)C(C(=O)OCC)C(c3cccc(OC)c3)C2)C1c1ccc(OC)cc1. The van der Waals surface area contributed by atoms with Crippen LogP contribution in [0.4, 0.5) is 0 Å². The Balaban J connectivity index is 1.89. The van der Waals surface area contributed by atoms with Crippen LogP contribution in [0.3, 0.4) is 0 Å². The Hall–Kier alpha value is -4.07. The average Bonchev–Trinajstić information content (AvgIpc) is 2.92. The summed E-state index contributed by atoms with van der Waals surface area (Å²) in [5.41, 5.74) is 3.51. The molecule has 8 nitrogen and oxygen atoms in total. The minimum atomic E-state index is -1.08. The Morgan fingerprint density at radius 2 is 1.61 bits per heavy atom. The zero-order chi connectivity index (χ0) is 27.4. The molecule has 0 bridgehead atoms. The van der Waals surface area contributed by atoms with Gasteiger partial charge in [0.25, 0.3) is 0 Å². The summed E-state index contributed by atoms with van der Waals surface area (Å²) >= 11 is 0. The fourth-order valence-electron chi connectivity index (χ4n) is 5.33.